The molecule has 0 fully saturated rings. The Labute approximate surface area is 180 Å². The highest BCUT2D eigenvalue weighted by molar-refractivity contribution is 6.60. The maximum atomic E-state index is 13.6. The van der Waals surface area contributed by atoms with E-state index in [0.29, 0.717) is 32.0 Å². The summed E-state index contributed by atoms with van der Waals surface area (Å²) in [6, 6.07) is 5.28. The maximum Gasteiger partial charge on any atom is 0.500 e. The third-order valence-electron chi connectivity index (χ3n) is 4.30. The number of carbonyl (C=O) groups is 1. The summed E-state index contributed by atoms with van der Waals surface area (Å²) in [7, 11) is -1.16. The Morgan fingerprint density at radius 1 is 1.00 bits per heavy atom. The van der Waals surface area contributed by atoms with Crippen molar-refractivity contribution in [2.24, 2.45) is 0 Å². The summed E-state index contributed by atoms with van der Waals surface area (Å²) in [5.74, 6) is -0.752. The Balaban J connectivity index is 2.26. The Bertz CT molecular complexity index is 635. The normalized spacial score (nSPS) is 11.8. The van der Waals surface area contributed by atoms with Gasteiger partial charge in [0.2, 0.25) is 0 Å². The zero-order valence-electron chi connectivity index (χ0n) is 18.6. The molecule has 0 radical (unpaired) electrons. The summed E-state index contributed by atoms with van der Waals surface area (Å²) in [5, 5.41) is 0. The van der Waals surface area contributed by atoms with Gasteiger partial charge in [-0.1, -0.05) is 18.9 Å². The Kier molecular flexibility index (Phi) is 13.2. The van der Waals surface area contributed by atoms with E-state index in [1.165, 1.54) is 31.4 Å². The molecule has 0 saturated carbocycles. The number of halogens is 1. The quantitative estimate of drug-likeness (QED) is 0.155. The first kappa shape index (κ1) is 26.3. The predicted octanol–water partition coefficient (Wildman–Crippen LogP) is 5.00. The van der Waals surface area contributed by atoms with Crippen LogP contribution in [-0.2, 0) is 22.8 Å². The molecule has 0 amide bonds. The van der Waals surface area contributed by atoms with Crippen molar-refractivity contribution < 1.29 is 31.9 Å². The fraction of sp³-hybridized carbons (Fsp3) is 0.591. The first-order valence-corrected chi connectivity index (χ1v) is 12.5. The average molecular weight is 443 g/mol. The van der Waals surface area contributed by atoms with E-state index >= 15 is 0 Å². The summed E-state index contributed by atoms with van der Waals surface area (Å²) in [4.78, 5) is 11.8. The minimum atomic E-state index is -2.56. The van der Waals surface area contributed by atoms with Crippen LogP contribution < -0.4 is 4.74 Å². The zero-order valence-corrected chi connectivity index (χ0v) is 19.6. The summed E-state index contributed by atoms with van der Waals surface area (Å²) in [6.45, 7) is 7.96. The van der Waals surface area contributed by atoms with Gasteiger partial charge in [0, 0.05) is 31.9 Å². The highest BCUT2D eigenvalue weighted by atomic mass is 28.4. The molecule has 30 heavy (non-hydrogen) atoms. The van der Waals surface area contributed by atoms with Crippen LogP contribution in [0.4, 0.5) is 4.39 Å². The number of ether oxygens (including phenoxy) is 2. The van der Waals surface area contributed by atoms with E-state index in [1.807, 2.05) is 20.8 Å². The van der Waals surface area contributed by atoms with Gasteiger partial charge in [0.05, 0.1) is 13.7 Å². The number of benzene rings is 1. The van der Waals surface area contributed by atoms with Gasteiger partial charge in [-0.25, -0.2) is 9.18 Å². The van der Waals surface area contributed by atoms with Crippen LogP contribution in [0.15, 0.2) is 24.3 Å². The van der Waals surface area contributed by atoms with Crippen molar-refractivity contribution in [2.45, 2.75) is 52.5 Å². The molecule has 0 aliphatic heterocycles. The van der Waals surface area contributed by atoms with Crippen molar-refractivity contribution >= 4 is 20.8 Å². The lowest BCUT2D eigenvalue weighted by atomic mass is 10.2. The molecule has 0 atom stereocenters. The van der Waals surface area contributed by atoms with Crippen LogP contribution in [0, 0.1) is 5.82 Å². The largest absolute Gasteiger partial charge is 0.500 e. The molecule has 0 N–H and O–H groups in total. The monoisotopic (exact) mass is 442 g/mol. The summed E-state index contributed by atoms with van der Waals surface area (Å²) < 4.78 is 41.2. The second-order valence-corrected chi connectivity index (χ2v) is 9.27. The molecular weight excluding hydrogens is 407 g/mol. The van der Waals surface area contributed by atoms with Gasteiger partial charge >= 0.3 is 14.8 Å². The number of carbonyl (C=O) groups excluding carboxylic acids is 1. The van der Waals surface area contributed by atoms with Crippen LogP contribution in [0.25, 0.3) is 6.08 Å². The van der Waals surface area contributed by atoms with E-state index in [0.717, 1.165) is 31.7 Å². The lowest BCUT2D eigenvalue weighted by Gasteiger charge is -2.28. The smallest absolute Gasteiger partial charge is 0.494 e. The summed E-state index contributed by atoms with van der Waals surface area (Å²) >= 11 is 0. The Morgan fingerprint density at radius 3 is 2.20 bits per heavy atom. The van der Waals surface area contributed by atoms with Crippen molar-refractivity contribution in [1.29, 1.82) is 0 Å². The standard InChI is InChI=1S/C22H35FO6Si/c1-5-27-30(28-6-2,29-7-3)17-11-9-8-10-16-26-22(24)15-13-19-12-14-21(25-4)20(23)18-19/h12-15,18H,5-11,16-17H2,1-4H3/b15-13+. The molecule has 0 aliphatic rings. The highest BCUT2D eigenvalue weighted by Gasteiger charge is 2.39. The molecule has 170 valence electrons. The minimum Gasteiger partial charge on any atom is -0.494 e. The van der Waals surface area contributed by atoms with Gasteiger partial charge in [0.1, 0.15) is 0 Å². The maximum absolute atomic E-state index is 13.6. The molecule has 0 spiro atoms. The number of rotatable bonds is 16. The fourth-order valence-corrected chi connectivity index (χ4v) is 5.66. The average Bonchev–Trinajstić information content (AvgIpc) is 2.72. The van der Waals surface area contributed by atoms with Gasteiger partial charge in [-0.2, -0.15) is 0 Å². The van der Waals surface area contributed by atoms with Crippen LogP contribution in [-0.4, -0.2) is 48.3 Å². The van der Waals surface area contributed by atoms with E-state index in [4.69, 9.17) is 22.8 Å². The molecular formula is C22H35FO6Si. The summed E-state index contributed by atoms with van der Waals surface area (Å²) in [6.07, 6.45) is 6.47. The second-order valence-electron chi connectivity index (χ2n) is 6.54. The second kappa shape index (κ2) is 15.1. The van der Waals surface area contributed by atoms with Crippen LogP contribution >= 0.6 is 0 Å². The third kappa shape index (κ3) is 9.84. The van der Waals surface area contributed by atoms with Gasteiger partial charge in [0.25, 0.3) is 0 Å². The van der Waals surface area contributed by atoms with Gasteiger partial charge in [-0.3, -0.25) is 0 Å². The number of methoxy groups -OCH3 is 1. The number of hydrogen-bond acceptors (Lipinski definition) is 6. The predicted molar refractivity (Wildman–Crippen MR) is 117 cm³/mol. The highest BCUT2D eigenvalue weighted by Crippen LogP contribution is 2.20. The van der Waals surface area contributed by atoms with Crippen LogP contribution in [0.3, 0.4) is 0 Å². The zero-order chi connectivity index (χ0) is 22.2. The minimum absolute atomic E-state index is 0.165. The van der Waals surface area contributed by atoms with Crippen LogP contribution in [0.5, 0.6) is 5.75 Å². The lowest BCUT2D eigenvalue weighted by Crippen LogP contribution is -2.45. The molecule has 0 unspecified atom stereocenters. The van der Waals surface area contributed by atoms with Crippen LogP contribution in [0.2, 0.25) is 6.04 Å². The molecule has 0 heterocycles. The van der Waals surface area contributed by atoms with E-state index in [2.05, 4.69) is 0 Å². The van der Waals surface area contributed by atoms with Crippen molar-refractivity contribution in [3.8, 4) is 5.75 Å². The van der Waals surface area contributed by atoms with E-state index < -0.39 is 20.6 Å². The number of unbranched alkanes of at least 4 members (excludes halogenated alkanes) is 3. The van der Waals surface area contributed by atoms with Gasteiger partial charge < -0.3 is 22.8 Å². The molecule has 1 rings (SSSR count). The third-order valence-corrected chi connectivity index (χ3v) is 7.45. The van der Waals surface area contributed by atoms with Crippen molar-refractivity contribution in [3.63, 3.8) is 0 Å². The SMILES string of the molecule is CCO[Si](CCCCCCOC(=O)/C=C/c1ccc(OC)c(F)c1)(OCC)OCC. The van der Waals surface area contributed by atoms with E-state index in [-0.39, 0.29) is 5.75 Å². The molecule has 6 nitrogen and oxygen atoms in total. The number of esters is 1. The van der Waals surface area contributed by atoms with Crippen molar-refractivity contribution in [3.05, 3.63) is 35.7 Å². The summed E-state index contributed by atoms with van der Waals surface area (Å²) in [5.41, 5.74) is 0.566. The Hall–Kier alpha value is -1.74. The van der Waals surface area contributed by atoms with E-state index in [1.54, 1.807) is 6.07 Å². The molecule has 1 aromatic carbocycles. The van der Waals surface area contributed by atoms with Gasteiger partial charge in [-0.15, -0.1) is 0 Å². The molecule has 1 aromatic rings. The Morgan fingerprint density at radius 2 is 1.63 bits per heavy atom. The first-order chi connectivity index (χ1) is 14.5. The van der Waals surface area contributed by atoms with Crippen LogP contribution in [0.1, 0.15) is 52.0 Å². The molecule has 0 aromatic heterocycles. The first-order valence-electron chi connectivity index (χ1n) is 10.6. The van der Waals surface area contributed by atoms with Gasteiger partial charge in [0.15, 0.2) is 11.6 Å². The molecule has 0 aliphatic carbocycles. The van der Waals surface area contributed by atoms with E-state index in [9.17, 15) is 9.18 Å². The lowest BCUT2D eigenvalue weighted by molar-refractivity contribution is -0.137. The molecule has 0 bridgehead atoms. The topological polar surface area (TPSA) is 63.2 Å². The molecule has 0 saturated heterocycles. The molecule has 8 heteroatoms. The van der Waals surface area contributed by atoms with Gasteiger partial charge in [-0.05, 0) is 57.4 Å². The van der Waals surface area contributed by atoms with Crippen molar-refractivity contribution in [2.75, 3.05) is 33.5 Å². The van der Waals surface area contributed by atoms with Crippen molar-refractivity contribution in [1.82, 2.24) is 0 Å². The number of hydrogen-bond donors (Lipinski definition) is 0. The fourth-order valence-electron chi connectivity index (χ4n) is 2.97.